The Morgan fingerprint density at radius 1 is 1.83 bits per heavy atom. The molecule has 1 aromatic rings. The maximum absolute atomic E-state index is 12.2. The number of aryl methyl sites for hydroxylation is 1. The predicted molar refractivity (Wildman–Crippen MR) is 42.4 cm³/mol. The summed E-state index contributed by atoms with van der Waals surface area (Å²) < 4.78 is 17.7. The number of carbonyl (C=O) groups is 1. The monoisotopic (exact) mass is 190 g/mol. The normalized spacial score (nSPS) is 9.92. The lowest BCUT2D eigenvalue weighted by molar-refractivity contribution is 0.0593. The van der Waals surface area contributed by atoms with Crippen LogP contribution in [0, 0.1) is 6.92 Å². The van der Waals surface area contributed by atoms with Gasteiger partial charge in [0.2, 0.25) is 0 Å². The third-order valence-electron chi connectivity index (χ3n) is 1.35. The van der Waals surface area contributed by atoms with Crippen LogP contribution >= 0.6 is 12.3 Å². The molecule has 0 aliphatic heterocycles. The van der Waals surface area contributed by atoms with Crippen molar-refractivity contribution in [2.24, 2.45) is 0 Å². The minimum atomic E-state index is -0.597. The minimum Gasteiger partial charge on any atom is -0.464 e. The first kappa shape index (κ1) is 9.05. The molecule has 0 saturated carbocycles. The Labute approximate surface area is 73.2 Å². The number of ether oxygens (including phenoxy) is 1. The van der Waals surface area contributed by atoms with Crippen LogP contribution in [0.4, 0.5) is 3.89 Å². The van der Waals surface area contributed by atoms with E-state index in [2.05, 4.69) is 9.72 Å². The number of halogens is 1. The van der Waals surface area contributed by atoms with Crippen molar-refractivity contribution in [2.45, 2.75) is 6.92 Å². The van der Waals surface area contributed by atoms with Gasteiger partial charge < -0.3 is 4.74 Å². The molecule has 0 bridgehead atoms. The predicted octanol–water partition coefficient (Wildman–Crippen LogP) is 1.36. The molecule has 0 fully saturated rings. The molecule has 66 valence electrons. The van der Waals surface area contributed by atoms with E-state index in [9.17, 15) is 8.68 Å². The molecule has 1 aromatic heterocycles. The molecule has 1 heterocycles. The fraction of sp³-hybridized carbons (Fsp3) is 0.333. The summed E-state index contributed by atoms with van der Waals surface area (Å²) in [6.07, 6.45) is 1.27. The second-order valence-electron chi connectivity index (χ2n) is 2.05. The van der Waals surface area contributed by atoms with E-state index in [1.54, 1.807) is 6.92 Å². The summed E-state index contributed by atoms with van der Waals surface area (Å²) in [7, 11) is 1.23. The summed E-state index contributed by atoms with van der Waals surface area (Å²) in [5.41, 5.74) is 0.0995. The highest BCUT2D eigenvalue weighted by Gasteiger charge is 2.15. The number of hydrogen-bond donors (Lipinski definition) is 0. The van der Waals surface area contributed by atoms with Crippen LogP contribution in [0.2, 0.25) is 0 Å². The van der Waals surface area contributed by atoms with Crippen LogP contribution < -0.4 is 0 Å². The van der Waals surface area contributed by atoms with Gasteiger partial charge in [0.05, 0.1) is 13.3 Å². The number of imidazole rings is 1. The highest BCUT2D eigenvalue weighted by Crippen LogP contribution is 2.15. The van der Waals surface area contributed by atoms with E-state index < -0.39 is 5.97 Å². The molecule has 0 radical (unpaired) electrons. The van der Waals surface area contributed by atoms with E-state index in [1.165, 1.54) is 13.3 Å². The molecule has 12 heavy (non-hydrogen) atoms. The van der Waals surface area contributed by atoms with Gasteiger partial charge in [-0.05, 0) is 6.92 Å². The summed E-state index contributed by atoms with van der Waals surface area (Å²) in [6.45, 7) is 1.60. The van der Waals surface area contributed by atoms with Gasteiger partial charge in [0, 0.05) is 0 Å². The SMILES string of the molecule is COC(=O)c1cnc(C)n1SF. The van der Waals surface area contributed by atoms with Gasteiger partial charge in [0.15, 0.2) is 18.0 Å². The highest BCUT2D eigenvalue weighted by atomic mass is 32.2. The minimum absolute atomic E-state index is 0.0743. The zero-order chi connectivity index (χ0) is 9.14. The van der Waals surface area contributed by atoms with Gasteiger partial charge in [-0.3, -0.25) is 0 Å². The molecule has 0 spiro atoms. The van der Waals surface area contributed by atoms with Gasteiger partial charge in [-0.25, -0.2) is 13.8 Å². The van der Waals surface area contributed by atoms with E-state index in [1.807, 2.05) is 0 Å². The molecule has 0 amide bonds. The fourth-order valence-corrected chi connectivity index (χ4v) is 1.10. The lowest BCUT2D eigenvalue weighted by atomic mass is 10.5. The molecule has 0 aliphatic rings. The molecule has 0 unspecified atom stereocenters. The number of nitrogens with zero attached hydrogens (tertiary/aromatic N) is 2. The largest absolute Gasteiger partial charge is 0.464 e. The first-order chi connectivity index (χ1) is 5.70. The number of esters is 1. The smallest absolute Gasteiger partial charge is 0.357 e. The maximum Gasteiger partial charge on any atom is 0.357 e. The van der Waals surface area contributed by atoms with Gasteiger partial charge in [-0.1, -0.05) is 0 Å². The maximum atomic E-state index is 12.2. The topological polar surface area (TPSA) is 44.1 Å². The van der Waals surface area contributed by atoms with Crippen molar-refractivity contribution in [1.29, 1.82) is 0 Å². The summed E-state index contributed by atoms with van der Waals surface area (Å²) in [6, 6.07) is 0. The van der Waals surface area contributed by atoms with E-state index in [0.29, 0.717) is 5.82 Å². The zero-order valence-electron chi connectivity index (χ0n) is 6.57. The van der Waals surface area contributed by atoms with Crippen LogP contribution in [0.5, 0.6) is 0 Å². The van der Waals surface area contributed by atoms with E-state index in [4.69, 9.17) is 0 Å². The van der Waals surface area contributed by atoms with Crippen molar-refractivity contribution in [3.63, 3.8) is 0 Å². The van der Waals surface area contributed by atoms with Crippen molar-refractivity contribution in [1.82, 2.24) is 8.96 Å². The molecule has 4 nitrogen and oxygen atoms in total. The van der Waals surface area contributed by atoms with Gasteiger partial charge in [-0.15, -0.1) is 3.89 Å². The van der Waals surface area contributed by atoms with Crippen molar-refractivity contribution >= 4 is 18.3 Å². The molecule has 0 aromatic carbocycles. The summed E-state index contributed by atoms with van der Waals surface area (Å²) >= 11 is -0.0743. The van der Waals surface area contributed by atoms with Crippen LogP contribution in [-0.4, -0.2) is 22.0 Å². The average Bonchev–Trinajstić information content (AvgIpc) is 2.45. The van der Waals surface area contributed by atoms with Crippen LogP contribution in [0.25, 0.3) is 0 Å². The Hall–Kier alpha value is -1.04. The Bertz CT molecular complexity index is 300. The Morgan fingerprint density at radius 3 is 3.00 bits per heavy atom. The van der Waals surface area contributed by atoms with E-state index in [0.717, 1.165) is 3.97 Å². The standard InChI is InChI=1S/C6H7FN2O2S/c1-4-8-3-5(6(10)11-2)9(4)12-7/h3H,1-2H3. The highest BCUT2D eigenvalue weighted by molar-refractivity contribution is 7.92. The second-order valence-corrected chi connectivity index (χ2v) is 2.55. The number of carbonyl (C=O) groups excluding carboxylic acids is 1. The number of aromatic nitrogens is 2. The number of methoxy groups -OCH3 is 1. The third-order valence-corrected chi connectivity index (χ3v) is 1.95. The van der Waals surface area contributed by atoms with Crippen molar-refractivity contribution in [3.8, 4) is 0 Å². The lowest BCUT2D eigenvalue weighted by Gasteiger charge is -1.99. The molecular weight excluding hydrogens is 183 g/mol. The zero-order valence-corrected chi connectivity index (χ0v) is 7.39. The molecule has 0 N–H and O–H groups in total. The average molecular weight is 190 g/mol. The molecule has 1 rings (SSSR count). The van der Waals surface area contributed by atoms with Crippen molar-refractivity contribution in [3.05, 3.63) is 17.7 Å². The van der Waals surface area contributed by atoms with E-state index >= 15 is 0 Å². The fourth-order valence-electron chi connectivity index (χ4n) is 0.761. The molecular formula is C6H7FN2O2S. The van der Waals surface area contributed by atoms with Gasteiger partial charge in [0.25, 0.3) is 0 Å². The van der Waals surface area contributed by atoms with Crippen molar-refractivity contribution < 1.29 is 13.4 Å². The Morgan fingerprint density at radius 2 is 2.50 bits per heavy atom. The second kappa shape index (κ2) is 3.57. The van der Waals surface area contributed by atoms with E-state index in [-0.39, 0.29) is 18.0 Å². The molecule has 0 aliphatic carbocycles. The van der Waals surface area contributed by atoms with Crippen LogP contribution in [0.1, 0.15) is 16.3 Å². The van der Waals surface area contributed by atoms with Gasteiger partial charge in [-0.2, -0.15) is 0 Å². The Balaban J connectivity index is 3.07. The van der Waals surface area contributed by atoms with Gasteiger partial charge >= 0.3 is 5.97 Å². The lowest BCUT2D eigenvalue weighted by Crippen LogP contribution is -2.06. The number of hydrogen-bond acceptors (Lipinski definition) is 4. The van der Waals surface area contributed by atoms with Gasteiger partial charge in [0.1, 0.15) is 5.82 Å². The molecule has 6 heteroatoms. The Kier molecular flexibility index (Phi) is 2.69. The quantitative estimate of drug-likeness (QED) is 0.660. The molecule has 0 atom stereocenters. The summed E-state index contributed by atoms with van der Waals surface area (Å²) in [5.74, 6) is -0.177. The number of rotatable bonds is 2. The van der Waals surface area contributed by atoms with Crippen molar-refractivity contribution in [2.75, 3.05) is 7.11 Å². The van der Waals surface area contributed by atoms with Crippen LogP contribution in [0.3, 0.4) is 0 Å². The van der Waals surface area contributed by atoms with Crippen LogP contribution in [-0.2, 0) is 4.74 Å². The summed E-state index contributed by atoms with van der Waals surface area (Å²) in [4.78, 5) is 14.7. The summed E-state index contributed by atoms with van der Waals surface area (Å²) in [5, 5.41) is 0. The first-order valence-electron chi connectivity index (χ1n) is 3.12. The first-order valence-corrected chi connectivity index (χ1v) is 3.79. The molecule has 0 saturated heterocycles. The third kappa shape index (κ3) is 1.42. The van der Waals surface area contributed by atoms with Crippen LogP contribution in [0.15, 0.2) is 6.20 Å².